The maximum Gasteiger partial charge on any atom is 0.238 e. The number of thioether (sulfide) groups is 1. The van der Waals surface area contributed by atoms with Crippen LogP contribution in [0, 0.1) is 0 Å². The van der Waals surface area contributed by atoms with Crippen LogP contribution in [0.15, 0.2) is 23.6 Å². The maximum atomic E-state index is 11.3. The van der Waals surface area contributed by atoms with Crippen LogP contribution in [0.1, 0.15) is 13.8 Å². The van der Waals surface area contributed by atoms with E-state index in [1.807, 2.05) is 6.92 Å². The summed E-state index contributed by atoms with van der Waals surface area (Å²) in [7, 11) is 0. The van der Waals surface area contributed by atoms with E-state index in [0.717, 1.165) is 5.03 Å². The molecule has 0 fully saturated rings. The Labute approximate surface area is 99.2 Å². The maximum absolute atomic E-state index is 11.3. The number of carbonyl (C=O) groups is 1. The van der Waals surface area contributed by atoms with Crippen LogP contribution in [-0.4, -0.2) is 33.7 Å². The molecule has 3 N–H and O–H groups in total. The topological polar surface area (TPSA) is 80.9 Å². The number of amides is 1. The number of rotatable bonds is 6. The molecule has 1 aromatic heterocycles. The van der Waals surface area contributed by atoms with Gasteiger partial charge in [-0.05, 0) is 19.5 Å². The van der Waals surface area contributed by atoms with Gasteiger partial charge in [0.15, 0.2) is 0 Å². The summed E-state index contributed by atoms with van der Waals surface area (Å²) in [6.07, 6.45) is 3.15. The SMILES string of the molecule is CCNC(C)(CSc1ccncn1)C(N)=O. The first-order valence-electron chi connectivity index (χ1n) is 5.02. The lowest BCUT2D eigenvalue weighted by Gasteiger charge is -2.26. The largest absolute Gasteiger partial charge is 0.368 e. The minimum absolute atomic E-state index is 0.351. The van der Waals surface area contributed by atoms with Gasteiger partial charge in [0.1, 0.15) is 11.9 Å². The minimum Gasteiger partial charge on any atom is -0.368 e. The summed E-state index contributed by atoms with van der Waals surface area (Å²) in [6.45, 7) is 4.44. The average Bonchev–Trinajstić information content (AvgIpc) is 2.28. The van der Waals surface area contributed by atoms with E-state index >= 15 is 0 Å². The smallest absolute Gasteiger partial charge is 0.238 e. The summed E-state index contributed by atoms with van der Waals surface area (Å²) >= 11 is 1.48. The first-order valence-corrected chi connectivity index (χ1v) is 6.01. The number of carbonyl (C=O) groups excluding carboxylic acids is 1. The van der Waals surface area contributed by atoms with E-state index in [4.69, 9.17) is 5.73 Å². The summed E-state index contributed by atoms with van der Waals surface area (Å²) < 4.78 is 0. The molecule has 0 bridgehead atoms. The van der Waals surface area contributed by atoms with Gasteiger partial charge in [0.05, 0.1) is 5.03 Å². The van der Waals surface area contributed by atoms with E-state index in [-0.39, 0.29) is 5.91 Å². The lowest BCUT2D eigenvalue weighted by atomic mass is 10.1. The molecule has 88 valence electrons. The molecule has 1 unspecified atom stereocenters. The lowest BCUT2D eigenvalue weighted by Crippen LogP contribution is -2.55. The van der Waals surface area contributed by atoms with Crippen molar-refractivity contribution in [3.8, 4) is 0 Å². The lowest BCUT2D eigenvalue weighted by molar-refractivity contribution is -0.122. The third kappa shape index (κ3) is 3.46. The third-order valence-corrected chi connectivity index (χ3v) is 3.43. The van der Waals surface area contributed by atoms with Crippen LogP contribution in [0.2, 0.25) is 0 Å². The van der Waals surface area contributed by atoms with E-state index < -0.39 is 5.54 Å². The number of hydrogen-bond donors (Lipinski definition) is 2. The predicted molar refractivity (Wildman–Crippen MR) is 64.0 cm³/mol. The third-order valence-electron chi connectivity index (χ3n) is 2.17. The van der Waals surface area contributed by atoms with Crippen molar-refractivity contribution in [1.82, 2.24) is 15.3 Å². The molecule has 0 aliphatic carbocycles. The number of nitrogens with one attached hydrogen (secondary N) is 1. The highest BCUT2D eigenvalue weighted by Crippen LogP contribution is 2.19. The molecule has 1 aromatic rings. The van der Waals surface area contributed by atoms with Crippen molar-refractivity contribution in [1.29, 1.82) is 0 Å². The standard InChI is InChI=1S/C10H16N4OS/c1-3-14-10(2,9(11)15)6-16-8-4-5-12-7-13-8/h4-5,7,14H,3,6H2,1-2H3,(H2,11,15). The first-order chi connectivity index (χ1) is 7.58. The van der Waals surface area contributed by atoms with E-state index in [0.29, 0.717) is 12.3 Å². The van der Waals surface area contributed by atoms with Gasteiger partial charge in [0.2, 0.25) is 5.91 Å². The molecule has 1 atom stereocenters. The van der Waals surface area contributed by atoms with Crippen LogP contribution in [0.4, 0.5) is 0 Å². The summed E-state index contributed by atoms with van der Waals surface area (Å²) in [5, 5.41) is 3.92. The summed E-state index contributed by atoms with van der Waals surface area (Å²) in [6, 6.07) is 1.80. The molecule has 0 saturated heterocycles. The number of likely N-dealkylation sites (N-methyl/N-ethyl adjacent to an activating group) is 1. The molecule has 5 nitrogen and oxygen atoms in total. The molecular weight excluding hydrogens is 224 g/mol. The molecule has 6 heteroatoms. The molecule has 0 aliphatic heterocycles. The van der Waals surface area contributed by atoms with Gasteiger partial charge in [-0.25, -0.2) is 9.97 Å². The molecule has 1 amide bonds. The summed E-state index contributed by atoms with van der Waals surface area (Å²) in [5.41, 5.74) is 4.67. The molecule has 0 aromatic carbocycles. The zero-order valence-electron chi connectivity index (χ0n) is 9.43. The van der Waals surface area contributed by atoms with Gasteiger partial charge in [-0.15, -0.1) is 11.8 Å². The van der Waals surface area contributed by atoms with Crippen molar-refractivity contribution < 1.29 is 4.79 Å². The van der Waals surface area contributed by atoms with Crippen molar-refractivity contribution >= 4 is 17.7 Å². The van der Waals surface area contributed by atoms with Gasteiger partial charge in [-0.3, -0.25) is 4.79 Å². The van der Waals surface area contributed by atoms with Crippen LogP contribution in [0.3, 0.4) is 0 Å². The molecule has 0 aliphatic rings. The van der Waals surface area contributed by atoms with E-state index in [2.05, 4.69) is 15.3 Å². The van der Waals surface area contributed by atoms with Gasteiger partial charge in [-0.2, -0.15) is 0 Å². The van der Waals surface area contributed by atoms with Crippen molar-refractivity contribution in [2.24, 2.45) is 5.73 Å². The molecule has 0 saturated carbocycles. The van der Waals surface area contributed by atoms with Crippen LogP contribution >= 0.6 is 11.8 Å². The van der Waals surface area contributed by atoms with E-state index in [1.165, 1.54) is 18.1 Å². The number of primary amides is 1. The monoisotopic (exact) mass is 240 g/mol. The fraction of sp³-hybridized carbons (Fsp3) is 0.500. The zero-order valence-corrected chi connectivity index (χ0v) is 10.3. The summed E-state index contributed by atoms with van der Waals surface area (Å²) in [4.78, 5) is 19.2. The fourth-order valence-corrected chi connectivity index (χ4v) is 2.14. The van der Waals surface area contributed by atoms with Gasteiger partial charge in [0.25, 0.3) is 0 Å². The Bertz CT molecular complexity index is 346. The minimum atomic E-state index is -0.704. The second kappa shape index (κ2) is 5.81. The van der Waals surface area contributed by atoms with Crippen LogP contribution < -0.4 is 11.1 Å². The van der Waals surface area contributed by atoms with Crippen molar-refractivity contribution in [3.63, 3.8) is 0 Å². The Hall–Kier alpha value is -1.14. The van der Waals surface area contributed by atoms with Gasteiger partial charge >= 0.3 is 0 Å². The Kier molecular flexibility index (Phi) is 4.70. The van der Waals surface area contributed by atoms with Crippen LogP contribution in [0.5, 0.6) is 0 Å². The first kappa shape index (κ1) is 12.9. The Morgan fingerprint density at radius 3 is 2.94 bits per heavy atom. The second-order valence-corrected chi connectivity index (χ2v) is 4.56. The van der Waals surface area contributed by atoms with Crippen LogP contribution in [0.25, 0.3) is 0 Å². The number of nitrogens with zero attached hydrogens (tertiary/aromatic N) is 2. The van der Waals surface area contributed by atoms with Gasteiger partial charge < -0.3 is 11.1 Å². The van der Waals surface area contributed by atoms with Gasteiger partial charge in [0, 0.05) is 11.9 Å². The Morgan fingerprint density at radius 2 is 2.44 bits per heavy atom. The highest BCUT2D eigenvalue weighted by molar-refractivity contribution is 7.99. The molecule has 0 spiro atoms. The van der Waals surface area contributed by atoms with E-state index in [1.54, 1.807) is 19.2 Å². The average molecular weight is 240 g/mol. The highest BCUT2D eigenvalue weighted by Gasteiger charge is 2.29. The number of nitrogens with two attached hydrogens (primary N) is 1. The molecule has 1 heterocycles. The Balaban J connectivity index is 2.60. The Morgan fingerprint density at radius 1 is 1.69 bits per heavy atom. The number of hydrogen-bond acceptors (Lipinski definition) is 5. The zero-order chi connectivity index (χ0) is 12.0. The summed E-state index contributed by atoms with van der Waals surface area (Å²) in [5.74, 6) is 0.198. The highest BCUT2D eigenvalue weighted by atomic mass is 32.2. The molecule has 0 radical (unpaired) electrons. The van der Waals surface area contributed by atoms with Gasteiger partial charge in [-0.1, -0.05) is 6.92 Å². The van der Waals surface area contributed by atoms with Crippen molar-refractivity contribution in [2.75, 3.05) is 12.3 Å². The van der Waals surface area contributed by atoms with E-state index in [9.17, 15) is 4.79 Å². The van der Waals surface area contributed by atoms with Crippen molar-refractivity contribution in [2.45, 2.75) is 24.4 Å². The second-order valence-electron chi connectivity index (χ2n) is 3.56. The van der Waals surface area contributed by atoms with Crippen molar-refractivity contribution in [3.05, 3.63) is 18.6 Å². The molecular formula is C10H16N4OS. The fourth-order valence-electron chi connectivity index (χ4n) is 1.18. The normalized spacial score (nSPS) is 14.4. The quantitative estimate of drug-likeness (QED) is 0.556. The molecule has 1 rings (SSSR count). The van der Waals surface area contributed by atoms with Crippen LogP contribution in [-0.2, 0) is 4.79 Å². The molecule has 16 heavy (non-hydrogen) atoms. The predicted octanol–water partition coefficient (Wildman–Crippen LogP) is 0.422. The number of aromatic nitrogens is 2.